The van der Waals surface area contributed by atoms with Gasteiger partial charge in [-0.2, -0.15) is 0 Å². The topological polar surface area (TPSA) is 64.1 Å². The minimum atomic E-state index is -0.246. The largest absolute Gasteiger partial charge is 0.454 e. The maximum absolute atomic E-state index is 5.48. The van der Waals surface area contributed by atoms with Crippen molar-refractivity contribution in [3.05, 3.63) is 23.8 Å². The van der Waals surface area contributed by atoms with E-state index >= 15 is 0 Å². The zero-order valence-corrected chi connectivity index (χ0v) is 15.5. The van der Waals surface area contributed by atoms with Gasteiger partial charge in [-0.15, -0.1) is 0 Å². The van der Waals surface area contributed by atoms with Gasteiger partial charge in [0.2, 0.25) is 6.79 Å². The molecule has 1 heterocycles. The number of nitrogens with zero attached hydrogens (tertiary/aromatic N) is 1. The molecule has 0 aromatic heterocycles. The lowest BCUT2D eigenvalue weighted by molar-refractivity contribution is 0.0268. The van der Waals surface area contributed by atoms with Gasteiger partial charge in [-0.3, -0.25) is 4.99 Å². The van der Waals surface area contributed by atoms with Crippen LogP contribution in [0.25, 0.3) is 0 Å². The molecular weight excluding hydrogens is 306 g/mol. The summed E-state index contributed by atoms with van der Waals surface area (Å²) in [5.41, 5.74) is 0.853. The number of hydrogen-bond donors (Lipinski definition) is 2. The zero-order valence-electron chi connectivity index (χ0n) is 15.5. The highest BCUT2D eigenvalue weighted by Gasteiger charge is 2.24. The minimum absolute atomic E-state index is 0.0879. The highest BCUT2D eigenvalue weighted by molar-refractivity contribution is 5.79. The van der Waals surface area contributed by atoms with E-state index in [0.717, 1.165) is 24.0 Å². The van der Waals surface area contributed by atoms with Gasteiger partial charge in [0.1, 0.15) is 0 Å². The van der Waals surface area contributed by atoms with Crippen LogP contribution >= 0.6 is 0 Å². The lowest BCUT2D eigenvalue weighted by Gasteiger charge is -2.28. The summed E-state index contributed by atoms with van der Waals surface area (Å²) in [4.78, 5) is 4.27. The molecule has 0 unspecified atom stereocenters. The number of fused-ring (bicyclic) bond motifs is 1. The van der Waals surface area contributed by atoms with Crippen LogP contribution in [0, 0.1) is 0 Å². The summed E-state index contributed by atoms with van der Waals surface area (Å²) < 4.78 is 16.3. The van der Waals surface area contributed by atoms with Crippen molar-refractivity contribution in [3.63, 3.8) is 0 Å². The lowest BCUT2D eigenvalue weighted by Crippen LogP contribution is -2.48. The average molecular weight is 335 g/mol. The van der Waals surface area contributed by atoms with Gasteiger partial charge >= 0.3 is 0 Å². The Morgan fingerprint density at radius 2 is 1.79 bits per heavy atom. The van der Waals surface area contributed by atoms with Crippen LogP contribution in [0.2, 0.25) is 0 Å². The van der Waals surface area contributed by atoms with E-state index in [1.807, 2.05) is 26.0 Å². The van der Waals surface area contributed by atoms with Crippen molar-refractivity contribution in [2.75, 3.05) is 34.0 Å². The van der Waals surface area contributed by atoms with E-state index < -0.39 is 0 Å². The normalized spacial score (nSPS) is 14.7. The predicted molar refractivity (Wildman–Crippen MR) is 96.0 cm³/mol. The Kier molecular flexibility index (Phi) is 5.59. The highest BCUT2D eigenvalue weighted by Crippen LogP contribution is 2.36. The van der Waals surface area contributed by atoms with Gasteiger partial charge in [0.15, 0.2) is 17.5 Å². The van der Waals surface area contributed by atoms with Crippen LogP contribution < -0.4 is 20.1 Å². The molecule has 6 nitrogen and oxygen atoms in total. The molecular formula is C18H29N3O3. The van der Waals surface area contributed by atoms with E-state index in [0.29, 0.717) is 13.3 Å². The van der Waals surface area contributed by atoms with Crippen LogP contribution in [-0.2, 0) is 10.2 Å². The van der Waals surface area contributed by atoms with Gasteiger partial charge in [0.25, 0.3) is 0 Å². The standard InChI is InChI=1S/C18H29N3O3/c1-17(2,13-7-8-14-15(9-13)24-12-23-14)10-20-16(19-5)21-11-18(3,4)22-6/h7-9H,10-12H2,1-6H3,(H2,19,20,21). The first kappa shape index (κ1) is 18.4. The third-order valence-corrected chi connectivity index (χ3v) is 4.31. The highest BCUT2D eigenvalue weighted by atomic mass is 16.7. The lowest BCUT2D eigenvalue weighted by atomic mass is 9.84. The summed E-state index contributed by atoms with van der Waals surface area (Å²) in [6.07, 6.45) is 0. The van der Waals surface area contributed by atoms with Crippen molar-refractivity contribution in [1.82, 2.24) is 10.6 Å². The van der Waals surface area contributed by atoms with Crippen LogP contribution in [0.15, 0.2) is 23.2 Å². The predicted octanol–water partition coefficient (Wildman–Crippen LogP) is 2.28. The van der Waals surface area contributed by atoms with Crippen molar-refractivity contribution in [1.29, 1.82) is 0 Å². The molecule has 2 rings (SSSR count). The molecule has 6 heteroatoms. The van der Waals surface area contributed by atoms with Crippen molar-refractivity contribution in [3.8, 4) is 11.5 Å². The Hall–Kier alpha value is -1.95. The fourth-order valence-corrected chi connectivity index (χ4v) is 2.31. The van der Waals surface area contributed by atoms with E-state index in [2.05, 4.69) is 35.5 Å². The average Bonchev–Trinajstić information content (AvgIpc) is 3.02. The molecule has 0 fully saturated rings. The molecule has 0 spiro atoms. The fraction of sp³-hybridized carbons (Fsp3) is 0.611. The molecule has 1 aromatic carbocycles. The molecule has 0 amide bonds. The first-order valence-corrected chi connectivity index (χ1v) is 8.17. The van der Waals surface area contributed by atoms with Crippen LogP contribution in [0.3, 0.4) is 0 Å². The van der Waals surface area contributed by atoms with Gasteiger partial charge in [0.05, 0.1) is 5.60 Å². The monoisotopic (exact) mass is 335 g/mol. The molecule has 1 aromatic rings. The second kappa shape index (κ2) is 7.30. The molecule has 0 atom stereocenters. The van der Waals surface area contributed by atoms with E-state index in [9.17, 15) is 0 Å². The maximum Gasteiger partial charge on any atom is 0.231 e. The van der Waals surface area contributed by atoms with Crippen LogP contribution in [-0.4, -0.2) is 45.6 Å². The summed E-state index contributed by atoms with van der Waals surface area (Å²) >= 11 is 0. The summed E-state index contributed by atoms with van der Waals surface area (Å²) in [6, 6.07) is 6.10. The van der Waals surface area contributed by atoms with E-state index in [-0.39, 0.29) is 11.0 Å². The first-order valence-electron chi connectivity index (χ1n) is 8.17. The van der Waals surface area contributed by atoms with Gasteiger partial charge in [0, 0.05) is 32.7 Å². The number of aliphatic imine (C=N–C) groups is 1. The van der Waals surface area contributed by atoms with Crippen molar-refractivity contribution >= 4 is 5.96 Å². The molecule has 0 bridgehead atoms. The molecule has 0 saturated heterocycles. The smallest absolute Gasteiger partial charge is 0.231 e. The van der Waals surface area contributed by atoms with Crippen LogP contribution in [0.4, 0.5) is 0 Å². The summed E-state index contributed by atoms with van der Waals surface area (Å²) in [6.45, 7) is 10.1. The second-order valence-corrected chi connectivity index (χ2v) is 7.20. The number of methoxy groups -OCH3 is 1. The Morgan fingerprint density at radius 1 is 1.12 bits per heavy atom. The van der Waals surface area contributed by atoms with E-state index in [1.165, 1.54) is 5.56 Å². The fourth-order valence-electron chi connectivity index (χ4n) is 2.31. The molecule has 24 heavy (non-hydrogen) atoms. The number of guanidine groups is 1. The molecule has 0 aliphatic carbocycles. The van der Waals surface area contributed by atoms with Crippen LogP contribution in [0.5, 0.6) is 11.5 Å². The SMILES string of the molecule is CN=C(NCC(C)(C)OC)NCC(C)(C)c1ccc2c(c1)OCO2. The summed E-state index contributed by atoms with van der Waals surface area (Å²) in [5, 5.41) is 6.68. The Balaban J connectivity index is 1.96. The minimum Gasteiger partial charge on any atom is -0.454 e. The van der Waals surface area contributed by atoms with E-state index in [1.54, 1.807) is 14.2 Å². The third-order valence-electron chi connectivity index (χ3n) is 4.31. The Morgan fingerprint density at radius 3 is 2.46 bits per heavy atom. The van der Waals surface area contributed by atoms with Gasteiger partial charge in [-0.25, -0.2) is 0 Å². The quantitative estimate of drug-likeness (QED) is 0.617. The molecule has 0 radical (unpaired) electrons. The molecule has 1 aliphatic rings. The second-order valence-electron chi connectivity index (χ2n) is 7.20. The number of benzene rings is 1. The van der Waals surface area contributed by atoms with Crippen molar-refractivity contribution in [2.24, 2.45) is 4.99 Å². The van der Waals surface area contributed by atoms with Crippen LogP contribution in [0.1, 0.15) is 33.3 Å². The molecule has 134 valence electrons. The summed E-state index contributed by atoms with van der Waals surface area (Å²) in [5.74, 6) is 2.38. The molecule has 0 saturated carbocycles. The van der Waals surface area contributed by atoms with Gasteiger partial charge in [-0.1, -0.05) is 19.9 Å². The number of hydrogen-bond acceptors (Lipinski definition) is 4. The number of ether oxygens (including phenoxy) is 3. The van der Waals surface area contributed by atoms with Gasteiger partial charge < -0.3 is 24.8 Å². The number of nitrogens with one attached hydrogen (secondary N) is 2. The van der Waals surface area contributed by atoms with Gasteiger partial charge in [-0.05, 0) is 31.5 Å². The Labute approximate surface area is 144 Å². The zero-order chi connectivity index (χ0) is 17.8. The van der Waals surface area contributed by atoms with E-state index in [4.69, 9.17) is 14.2 Å². The Bertz CT molecular complexity index is 597. The van der Waals surface area contributed by atoms with Crippen molar-refractivity contribution < 1.29 is 14.2 Å². The maximum atomic E-state index is 5.48. The molecule has 1 aliphatic heterocycles. The molecule has 2 N–H and O–H groups in total. The third kappa shape index (κ3) is 4.54. The summed E-state index contributed by atoms with van der Waals surface area (Å²) in [7, 11) is 3.48. The first-order chi connectivity index (χ1) is 11.3. The van der Waals surface area contributed by atoms with Crippen molar-refractivity contribution in [2.45, 2.75) is 38.7 Å². The number of rotatable bonds is 6.